The van der Waals surface area contributed by atoms with Crippen LogP contribution in [-0.4, -0.2) is 5.97 Å². The van der Waals surface area contributed by atoms with Crippen molar-refractivity contribution in [1.29, 1.82) is 0 Å². The lowest BCUT2D eigenvalue weighted by atomic mass is 9.43. The van der Waals surface area contributed by atoms with Crippen LogP contribution < -0.4 is 5.11 Å². The molecule has 4 saturated carbocycles. The van der Waals surface area contributed by atoms with Gasteiger partial charge >= 0.3 is 0 Å². The van der Waals surface area contributed by atoms with Crippen molar-refractivity contribution >= 4 is 5.97 Å². The molecular weight excluding hydrogens is 200 g/mol. The number of carboxylic acid groups (broad SMARTS) is 1. The molecule has 88 valence electrons. The largest absolute Gasteiger partial charge is 0.550 e. The van der Waals surface area contributed by atoms with E-state index in [1.165, 1.54) is 19.3 Å². The van der Waals surface area contributed by atoms with Gasteiger partial charge in [0.2, 0.25) is 0 Å². The van der Waals surface area contributed by atoms with Gasteiger partial charge in [0.15, 0.2) is 0 Å². The Morgan fingerprint density at radius 3 is 2.44 bits per heavy atom. The number of hydrogen-bond donors (Lipinski definition) is 0. The third-order valence-electron chi connectivity index (χ3n) is 5.19. The molecule has 0 radical (unpaired) electrons. The monoisotopic (exact) mass is 219 g/mol. The van der Waals surface area contributed by atoms with E-state index in [0.717, 1.165) is 25.7 Å². The Kier molecular flexibility index (Phi) is 2.02. The standard InChI is InChI=1S/C14H20O2/c1-2-3-13-5-10-4-11(6-13)8-14(7-10,9-13)12(15)16/h2,10-11H,1,3-9H2,(H,15,16)/p-1/t10-,11+,13?,14?. The van der Waals surface area contributed by atoms with Crippen LogP contribution in [0.3, 0.4) is 0 Å². The van der Waals surface area contributed by atoms with Crippen LogP contribution in [0.2, 0.25) is 0 Å². The first kappa shape index (κ1) is 10.4. The maximum atomic E-state index is 11.5. The Hall–Kier alpha value is -0.790. The minimum atomic E-state index is -0.782. The van der Waals surface area contributed by atoms with Gasteiger partial charge in [0.05, 0.1) is 0 Å². The van der Waals surface area contributed by atoms with E-state index in [-0.39, 0.29) is 5.41 Å². The van der Waals surface area contributed by atoms with Crippen LogP contribution in [0.1, 0.15) is 44.9 Å². The molecular formula is C14H19O2-. The number of carboxylic acids is 1. The topological polar surface area (TPSA) is 40.1 Å². The van der Waals surface area contributed by atoms with Crippen molar-refractivity contribution in [3.8, 4) is 0 Å². The first-order valence-electron chi connectivity index (χ1n) is 6.40. The van der Waals surface area contributed by atoms with Crippen molar-refractivity contribution in [3.63, 3.8) is 0 Å². The number of carbonyl (C=O) groups excluding carboxylic acids is 1. The maximum Gasteiger partial charge on any atom is 0.0476 e. The molecule has 0 saturated heterocycles. The van der Waals surface area contributed by atoms with Crippen LogP contribution in [0.5, 0.6) is 0 Å². The van der Waals surface area contributed by atoms with Gasteiger partial charge < -0.3 is 9.90 Å². The van der Waals surface area contributed by atoms with Crippen molar-refractivity contribution < 1.29 is 9.90 Å². The SMILES string of the molecule is C=CCC12C[C@H]3C[C@@H](C1)CC(C(=O)[O-])(C3)C2. The summed E-state index contributed by atoms with van der Waals surface area (Å²) in [6, 6.07) is 0. The minimum absolute atomic E-state index is 0.256. The van der Waals surface area contributed by atoms with E-state index in [1.54, 1.807) is 0 Å². The van der Waals surface area contributed by atoms with Crippen LogP contribution in [-0.2, 0) is 4.79 Å². The normalized spacial score (nSPS) is 49.2. The fraction of sp³-hybridized carbons (Fsp3) is 0.786. The van der Waals surface area contributed by atoms with Crippen LogP contribution in [0.15, 0.2) is 12.7 Å². The second kappa shape index (κ2) is 3.12. The van der Waals surface area contributed by atoms with E-state index in [2.05, 4.69) is 6.58 Å². The molecule has 2 heteroatoms. The van der Waals surface area contributed by atoms with E-state index < -0.39 is 11.4 Å². The molecule has 0 heterocycles. The highest BCUT2D eigenvalue weighted by Crippen LogP contribution is 2.66. The molecule has 0 aromatic carbocycles. The lowest BCUT2D eigenvalue weighted by molar-refractivity contribution is -0.329. The lowest BCUT2D eigenvalue weighted by Gasteiger charge is -2.62. The van der Waals surface area contributed by atoms with Gasteiger partial charge in [-0.15, -0.1) is 6.58 Å². The number of allylic oxidation sites excluding steroid dienone is 1. The van der Waals surface area contributed by atoms with Crippen molar-refractivity contribution in [2.75, 3.05) is 0 Å². The van der Waals surface area contributed by atoms with Crippen molar-refractivity contribution in [1.82, 2.24) is 0 Å². The molecule has 0 aromatic heterocycles. The zero-order chi connectivity index (χ0) is 11.4. The van der Waals surface area contributed by atoms with Gasteiger partial charge in [-0.25, -0.2) is 0 Å². The maximum absolute atomic E-state index is 11.5. The molecule has 4 rings (SSSR count). The Bertz CT molecular complexity index is 331. The molecule has 4 atom stereocenters. The summed E-state index contributed by atoms with van der Waals surface area (Å²) in [6.07, 6.45) is 9.30. The van der Waals surface area contributed by atoms with Gasteiger partial charge in [-0.05, 0) is 62.2 Å². The van der Waals surface area contributed by atoms with E-state index in [9.17, 15) is 9.90 Å². The average molecular weight is 219 g/mol. The third kappa shape index (κ3) is 1.28. The van der Waals surface area contributed by atoms with Crippen LogP contribution >= 0.6 is 0 Å². The Labute approximate surface area is 96.7 Å². The molecule has 16 heavy (non-hydrogen) atoms. The van der Waals surface area contributed by atoms with Crippen LogP contribution in [0.4, 0.5) is 0 Å². The molecule has 4 aliphatic carbocycles. The first-order valence-corrected chi connectivity index (χ1v) is 6.40. The number of aliphatic carboxylic acids is 1. The molecule has 4 aliphatic rings. The summed E-state index contributed by atoms with van der Waals surface area (Å²) in [5, 5.41) is 11.5. The van der Waals surface area contributed by atoms with Crippen LogP contribution in [0.25, 0.3) is 0 Å². The summed E-state index contributed by atoms with van der Waals surface area (Å²) >= 11 is 0. The van der Waals surface area contributed by atoms with Crippen molar-refractivity contribution in [2.24, 2.45) is 22.7 Å². The zero-order valence-electron chi connectivity index (χ0n) is 9.71. The fourth-order valence-corrected chi connectivity index (χ4v) is 5.24. The van der Waals surface area contributed by atoms with Gasteiger partial charge in [-0.3, -0.25) is 0 Å². The fourth-order valence-electron chi connectivity index (χ4n) is 5.24. The third-order valence-corrected chi connectivity index (χ3v) is 5.19. The van der Waals surface area contributed by atoms with Crippen LogP contribution in [0, 0.1) is 22.7 Å². The average Bonchev–Trinajstić information content (AvgIpc) is 2.14. The molecule has 4 bridgehead atoms. The Balaban J connectivity index is 1.96. The highest BCUT2D eigenvalue weighted by molar-refractivity contribution is 5.73. The molecule has 2 nitrogen and oxygen atoms in total. The second-order valence-electron chi connectivity index (χ2n) is 6.52. The molecule has 0 aromatic rings. The van der Waals surface area contributed by atoms with Gasteiger partial charge in [0, 0.05) is 11.4 Å². The number of carbonyl (C=O) groups is 1. The predicted molar refractivity (Wildman–Crippen MR) is 59.4 cm³/mol. The summed E-state index contributed by atoms with van der Waals surface area (Å²) in [6.45, 7) is 3.84. The lowest BCUT2D eigenvalue weighted by Crippen LogP contribution is -2.58. The second-order valence-corrected chi connectivity index (χ2v) is 6.52. The number of hydrogen-bond acceptors (Lipinski definition) is 2. The molecule has 2 unspecified atom stereocenters. The van der Waals surface area contributed by atoms with Gasteiger partial charge in [-0.2, -0.15) is 0 Å². The van der Waals surface area contributed by atoms with Crippen molar-refractivity contribution in [3.05, 3.63) is 12.7 Å². The molecule has 0 spiro atoms. The van der Waals surface area contributed by atoms with E-state index in [4.69, 9.17) is 0 Å². The van der Waals surface area contributed by atoms with E-state index in [0.29, 0.717) is 11.8 Å². The van der Waals surface area contributed by atoms with Gasteiger partial charge in [0.1, 0.15) is 0 Å². The first-order chi connectivity index (χ1) is 7.57. The summed E-state index contributed by atoms with van der Waals surface area (Å²) < 4.78 is 0. The van der Waals surface area contributed by atoms with E-state index >= 15 is 0 Å². The summed E-state index contributed by atoms with van der Waals surface area (Å²) in [5.41, 5.74) is -0.223. The van der Waals surface area contributed by atoms with Crippen molar-refractivity contribution in [2.45, 2.75) is 44.9 Å². The summed E-state index contributed by atoms with van der Waals surface area (Å²) in [5.74, 6) is 0.494. The molecule has 0 aliphatic heterocycles. The zero-order valence-corrected chi connectivity index (χ0v) is 9.71. The molecule has 0 N–H and O–H groups in total. The highest BCUT2D eigenvalue weighted by atomic mass is 16.4. The summed E-state index contributed by atoms with van der Waals surface area (Å²) in [7, 11) is 0. The Morgan fingerprint density at radius 1 is 1.31 bits per heavy atom. The molecule has 4 fully saturated rings. The molecule has 0 amide bonds. The quantitative estimate of drug-likeness (QED) is 0.680. The predicted octanol–water partition coefficient (Wildman–Crippen LogP) is 1.90. The smallest absolute Gasteiger partial charge is 0.0476 e. The van der Waals surface area contributed by atoms with E-state index in [1.807, 2.05) is 6.08 Å². The Morgan fingerprint density at radius 2 is 1.94 bits per heavy atom. The van der Waals surface area contributed by atoms with Gasteiger partial charge in [0.25, 0.3) is 0 Å². The number of rotatable bonds is 3. The van der Waals surface area contributed by atoms with Gasteiger partial charge in [-0.1, -0.05) is 6.08 Å². The summed E-state index contributed by atoms with van der Waals surface area (Å²) in [4.78, 5) is 11.5. The highest BCUT2D eigenvalue weighted by Gasteiger charge is 2.57. The minimum Gasteiger partial charge on any atom is -0.550 e.